The zero-order chi connectivity index (χ0) is 29.4. The molecule has 0 unspecified atom stereocenters. The van der Waals surface area contributed by atoms with Crippen molar-refractivity contribution in [1.29, 1.82) is 0 Å². The molecular weight excluding hydrogens is 589 g/mol. The molecule has 1 atom stereocenters. The minimum Gasteiger partial charge on any atom is -0.484 e. The van der Waals surface area contributed by atoms with E-state index in [1.54, 1.807) is 43.3 Å². The summed E-state index contributed by atoms with van der Waals surface area (Å²) in [5, 5.41) is 3.93. The van der Waals surface area contributed by atoms with Crippen LogP contribution in [0, 0.1) is 0 Å². The van der Waals surface area contributed by atoms with E-state index < -0.39 is 22.0 Å². The number of hydrogen-bond donors (Lipinski definition) is 1. The molecule has 1 aliphatic heterocycles. The van der Waals surface area contributed by atoms with E-state index in [0.717, 1.165) is 11.1 Å². The summed E-state index contributed by atoms with van der Waals surface area (Å²) < 4.78 is 38.0. The monoisotopic (exact) mass is 619 g/mol. The summed E-state index contributed by atoms with van der Waals surface area (Å²) in [6, 6.07) is 19.3. The van der Waals surface area contributed by atoms with Crippen molar-refractivity contribution in [2.75, 3.05) is 32.9 Å². The van der Waals surface area contributed by atoms with Gasteiger partial charge in [0.1, 0.15) is 11.8 Å². The predicted molar refractivity (Wildman–Crippen MR) is 156 cm³/mol. The Morgan fingerprint density at radius 3 is 2.32 bits per heavy atom. The normalized spacial score (nSPS) is 14.7. The maximum Gasteiger partial charge on any atom is 0.261 e. The van der Waals surface area contributed by atoms with Crippen LogP contribution in [0.15, 0.2) is 77.7 Å². The van der Waals surface area contributed by atoms with Gasteiger partial charge in [0, 0.05) is 36.2 Å². The number of benzene rings is 3. The fourth-order valence-corrected chi connectivity index (χ4v) is 5.95. The molecule has 0 spiro atoms. The highest BCUT2D eigenvalue weighted by atomic mass is 35.5. The third kappa shape index (κ3) is 8.21. The topological polar surface area (TPSA) is 105 Å². The van der Waals surface area contributed by atoms with E-state index in [2.05, 4.69) is 5.32 Å². The number of carbonyl (C=O) groups is 2. The van der Waals surface area contributed by atoms with Crippen LogP contribution >= 0.6 is 23.2 Å². The lowest BCUT2D eigenvalue weighted by atomic mass is 10.1. The fourth-order valence-electron chi connectivity index (χ4n) is 4.21. The van der Waals surface area contributed by atoms with Crippen molar-refractivity contribution in [3.8, 4) is 5.75 Å². The molecule has 1 saturated heterocycles. The number of rotatable bonds is 11. The van der Waals surface area contributed by atoms with Crippen LogP contribution in [0.5, 0.6) is 5.75 Å². The van der Waals surface area contributed by atoms with Crippen molar-refractivity contribution in [2.24, 2.45) is 0 Å². The highest BCUT2D eigenvalue weighted by Gasteiger charge is 2.28. The molecule has 1 heterocycles. The summed E-state index contributed by atoms with van der Waals surface area (Å²) in [5.41, 5.74) is 1.54. The third-order valence-corrected chi connectivity index (χ3v) is 9.17. The Morgan fingerprint density at radius 1 is 1.00 bits per heavy atom. The Kier molecular flexibility index (Phi) is 10.6. The number of halogens is 2. The number of nitrogens with one attached hydrogen (secondary N) is 1. The van der Waals surface area contributed by atoms with Crippen LogP contribution < -0.4 is 10.1 Å². The predicted octanol–water partition coefficient (Wildman–Crippen LogP) is 4.13. The number of hydrogen-bond acceptors (Lipinski definition) is 6. The van der Waals surface area contributed by atoms with Gasteiger partial charge in [0.2, 0.25) is 15.9 Å². The van der Waals surface area contributed by atoms with E-state index in [0.29, 0.717) is 42.1 Å². The second-order valence-corrected chi connectivity index (χ2v) is 12.2. The highest BCUT2D eigenvalue weighted by Crippen LogP contribution is 2.21. The van der Waals surface area contributed by atoms with Crippen molar-refractivity contribution in [1.82, 2.24) is 14.5 Å². The lowest BCUT2D eigenvalue weighted by molar-refractivity contribution is -0.142. The molecule has 0 radical (unpaired) electrons. The van der Waals surface area contributed by atoms with Gasteiger partial charge in [-0.2, -0.15) is 4.31 Å². The number of ether oxygens (including phenoxy) is 2. The lowest BCUT2D eigenvalue weighted by Gasteiger charge is -2.29. The van der Waals surface area contributed by atoms with Crippen molar-refractivity contribution in [2.45, 2.75) is 31.0 Å². The summed E-state index contributed by atoms with van der Waals surface area (Å²) in [4.78, 5) is 28.0. The Bertz CT molecular complexity index is 1450. The molecule has 3 aromatic rings. The zero-order valence-corrected chi connectivity index (χ0v) is 24.8. The quantitative estimate of drug-likeness (QED) is 0.346. The largest absolute Gasteiger partial charge is 0.484 e. The minimum absolute atomic E-state index is 0.131. The van der Waals surface area contributed by atoms with Crippen molar-refractivity contribution in [3.63, 3.8) is 0 Å². The molecule has 1 aliphatic rings. The number of carbonyl (C=O) groups excluding carboxylic acids is 2. The molecule has 41 heavy (non-hydrogen) atoms. The smallest absolute Gasteiger partial charge is 0.261 e. The standard InChI is InChI=1S/C29H31Cl2N3O6S/c1-21(29(36)32-18-23-4-2-3-5-27(23)31)34(19-22-6-8-24(30)9-7-22)28(35)20-40-25-10-12-26(13-11-25)41(37,38)33-14-16-39-17-15-33/h2-13,21H,14-20H2,1H3,(H,32,36)/t21-/m0/s1. The van der Waals surface area contributed by atoms with Crippen LogP contribution in [0.3, 0.4) is 0 Å². The summed E-state index contributed by atoms with van der Waals surface area (Å²) in [6.07, 6.45) is 0. The van der Waals surface area contributed by atoms with Gasteiger partial charge in [-0.15, -0.1) is 0 Å². The van der Waals surface area contributed by atoms with Crippen molar-refractivity contribution < 1.29 is 27.5 Å². The van der Waals surface area contributed by atoms with Crippen LogP contribution in [-0.4, -0.2) is 68.4 Å². The van der Waals surface area contributed by atoms with Crippen LogP contribution in [0.4, 0.5) is 0 Å². The molecule has 0 saturated carbocycles. The van der Waals surface area contributed by atoms with E-state index in [4.69, 9.17) is 32.7 Å². The summed E-state index contributed by atoms with van der Waals surface area (Å²) in [6.45, 7) is 2.94. The van der Waals surface area contributed by atoms with Crippen LogP contribution in [0.1, 0.15) is 18.1 Å². The second kappa shape index (κ2) is 14.2. The first-order valence-electron chi connectivity index (χ1n) is 13.0. The average Bonchev–Trinajstić information content (AvgIpc) is 2.99. The maximum atomic E-state index is 13.4. The van der Waals surface area contributed by atoms with Crippen LogP contribution in [0.25, 0.3) is 0 Å². The van der Waals surface area contributed by atoms with Gasteiger partial charge in [0.25, 0.3) is 5.91 Å². The molecular formula is C29H31Cl2N3O6S. The first-order chi connectivity index (χ1) is 19.6. The Hall–Kier alpha value is -3.15. The Labute approximate surface area is 250 Å². The molecule has 1 fully saturated rings. The zero-order valence-electron chi connectivity index (χ0n) is 22.5. The third-order valence-electron chi connectivity index (χ3n) is 6.64. The Morgan fingerprint density at radius 2 is 1.66 bits per heavy atom. The number of amides is 2. The summed E-state index contributed by atoms with van der Waals surface area (Å²) in [7, 11) is -3.65. The number of morpholine rings is 1. The molecule has 0 aliphatic carbocycles. The van der Waals surface area contributed by atoms with Gasteiger partial charge in [-0.25, -0.2) is 8.42 Å². The van der Waals surface area contributed by atoms with Gasteiger partial charge in [-0.05, 0) is 60.5 Å². The maximum absolute atomic E-state index is 13.4. The average molecular weight is 621 g/mol. The molecule has 9 nitrogen and oxygen atoms in total. The van der Waals surface area contributed by atoms with E-state index in [1.807, 2.05) is 12.1 Å². The molecule has 1 N–H and O–H groups in total. The van der Waals surface area contributed by atoms with Gasteiger partial charge in [-0.3, -0.25) is 9.59 Å². The molecule has 2 amide bonds. The van der Waals surface area contributed by atoms with Gasteiger partial charge in [0.05, 0.1) is 18.1 Å². The summed E-state index contributed by atoms with van der Waals surface area (Å²) >= 11 is 12.2. The van der Waals surface area contributed by atoms with Crippen LogP contribution in [0.2, 0.25) is 10.0 Å². The molecule has 12 heteroatoms. The van der Waals surface area contributed by atoms with E-state index >= 15 is 0 Å². The van der Waals surface area contributed by atoms with E-state index in [1.165, 1.54) is 33.5 Å². The Balaban J connectivity index is 1.42. The first-order valence-corrected chi connectivity index (χ1v) is 15.2. The first kappa shape index (κ1) is 30.8. The molecule has 3 aromatic carbocycles. The molecule has 4 rings (SSSR count). The highest BCUT2D eigenvalue weighted by molar-refractivity contribution is 7.89. The molecule has 0 bridgehead atoms. The molecule has 218 valence electrons. The second-order valence-electron chi connectivity index (χ2n) is 9.41. The number of sulfonamides is 1. The lowest BCUT2D eigenvalue weighted by Crippen LogP contribution is -2.48. The van der Waals surface area contributed by atoms with Crippen molar-refractivity contribution in [3.05, 3.63) is 94.0 Å². The summed E-state index contributed by atoms with van der Waals surface area (Å²) in [5.74, 6) is -0.461. The van der Waals surface area contributed by atoms with Gasteiger partial charge < -0.3 is 19.7 Å². The molecule has 0 aromatic heterocycles. The number of nitrogens with zero attached hydrogens (tertiary/aromatic N) is 2. The van der Waals surface area contributed by atoms with E-state index in [-0.39, 0.29) is 30.5 Å². The SMILES string of the molecule is C[C@@H](C(=O)NCc1ccccc1Cl)N(Cc1ccc(Cl)cc1)C(=O)COc1ccc(S(=O)(=O)N2CCOCC2)cc1. The van der Waals surface area contributed by atoms with Crippen molar-refractivity contribution >= 4 is 45.0 Å². The van der Waals surface area contributed by atoms with Gasteiger partial charge in [-0.1, -0.05) is 53.5 Å². The minimum atomic E-state index is -3.65. The van der Waals surface area contributed by atoms with Gasteiger partial charge >= 0.3 is 0 Å². The fraction of sp³-hybridized carbons (Fsp3) is 0.310. The van der Waals surface area contributed by atoms with Crippen LogP contribution in [-0.2, 0) is 37.4 Å². The van der Waals surface area contributed by atoms with Gasteiger partial charge in [0.15, 0.2) is 6.61 Å². The van der Waals surface area contributed by atoms with E-state index in [9.17, 15) is 18.0 Å².